The molecule has 104 valence electrons. The molecule has 0 radical (unpaired) electrons. The number of nitrogens with zero attached hydrogens (tertiary/aromatic N) is 2. The fourth-order valence-corrected chi connectivity index (χ4v) is 3.06. The number of allylic oxidation sites excluding steroid dienone is 2. The van der Waals surface area contributed by atoms with Gasteiger partial charge in [-0.05, 0) is 59.6 Å². The molecule has 4 heteroatoms. The summed E-state index contributed by atoms with van der Waals surface area (Å²) in [4.78, 5) is 6.67. The summed E-state index contributed by atoms with van der Waals surface area (Å²) in [6, 6.07) is 0. The summed E-state index contributed by atoms with van der Waals surface area (Å²) in [6.45, 7) is 8.37. The molecule has 0 aromatic carbocycles. The molecule has 0 saturated heterocycles. The Labute approximate surface area is 132 Å². The number of rotatable bonds is 3. The first-order valence-corrected chi connectivity index (χ1v) is 7.68. The summed E-state index contributed by atoms with van der Waals surface area (Å²) in [5, 5.41) is 0. The molecule has 0 unspecified atom stereocenters. The Morgan fingerprint density at radius 1 is 0.895 bits per heavy atom. The quantitative estimate of drug-likeness (QED) is 0.634. The molecule has 1 aromatic rings. The normalized spacial score (nSPS) is 10.1. The fourth-order valence-electron chi connectivity index (χ4n) is 1.86. The molecule has 0 bridgehead atoms. The van der Waals surface area contributed by atoms with Crippen LogP contribution in [-0.4, -0.2) is 19.1 Å². The van der Waals surface area contributed by atoms with Gasteiger partial charge in [-0.25, -0.2) is 4.98 Å². The van der Waals surface area contributed by atoms with Crippen molar-refractivity contribution in [1.29, 1.82) is 0 Å². The Balaban J connectivity index is 3.73. The predicted octanol–water partition coefficient (Wildman–Crippen LogP) is 5.52. The third-order valence-corrected chi connectivity index (χ3v) is 3.67. The number of anilines is 1. The molecule has 0 saturated carbocycles. The van der Waals surface area contributed by atoms with E-state index in [0.29, 0.717) is 0 Å². The van der Waals surface area contributed by atoms with Crippen LogP contribution in [0, 0.1) is 0 Å². The van der Waals surface area contributed by atoms with Crippen LogP contribution >= 0.6 is 31.9 Å². The highest BCUT2D eigenvalue weighted by Gasteiger charge is 2.16. The summed E-state index contributed by atoms with van der Waals surface area (Å²) in [5.41, 5.74) is 5.88. The summed E-state index contributed by atoms with van der Waals surface area (Å²) < 4.78 is 1.71. The number of hydrogen-bond acceptors (Lipinski definition) is 2. The van der Waals surface area contributed by atoms with Crippen LogP contribution in [0.2, 0.25) is 0 Å². The molecule has 19 heavy (non-hydrogen) atoms. The van der Waals surface area contributed by atoms with E-state index in [1.54, 1.807) is 0 Å². The van der Waals surface area contributed by atoms with Crippen molar-refractivity contribution in [2.75, 3.05) is 19.0 Å². The van der Waals surface area contributed by atoms with Crippen molar-refractivity contribution in [2.24, 2.45) is 0 Å². The molecule has 0 fully saturated rings. The first kappa shape index (κ1) is 16.4. The first-order valence-electron chi connectivity index (χ1n) is 6.10. The first-order chi connectivity index (χ1) is 8.73. The van der Waals surface area contributed by atoms with Gasteiger partial charge in [0.25, 0.3) is 0 Å². The number of aromatic nitrogens is 1. The molecule has 0 aliphatic heterocycles. The van der Waals surface area contributed by atoms with E-state index in [1.807, 2.05) is 0 Å². The smallest absolute Gasteiger partial charge is 0.116 e. The monoisotopic (exact) mass is 386 g/mol. The van der Waals surface area contributed by atoms with Crippen LogP contribution in [0.1, 0.15) is 38.8 Å². The standard InChI is InChI=1S/C15H20Br2N2/c1-9(2)7-11-13(19(5)6)12(8-10(3)4)15(17)18-14(11)16/h7-8H,1-6H3. The lowest BCUT2D eigenvalue weighted by molar-refractivity contribution is 1.09. The van der Waals surface area contributed by atoms with Crippen molar-refractivity contribution in [3.05, 3.63) is 31.5 Å². The van der Waals surface area contributed by atoms with Gasteiger partial charge < -0.3 is 4.90 Å². The summed E-state index contributed by atoms with van der Waals surface area (Å²) in [6.07, 6.45) is 4.31. The zero-order valence-corrected chi connectivity index (χ0v) is 15.5. The van der Waals surface area contributed by atoms with Crippen molar-refractivity contribution in [1.82, 2.24) is 4.98 Å². The van der Waals surface area contributed by atoms with Crippen molar-refractivity contribution in [2.45, 2.75) is 27.7 Å². The van der Waals surface area contributed by atoms with Crippen molar-refractivity contribution < 1.29 is 0 Å². The van der Waals surface area contributed by atoms with Crippen LogP contribution in [0.25, 0.3) is 12.2 Å². The van der Waals surface area contributed by atoms with Gasteiger partial charge in [-0.15, -0.1) is 0 Å². The molecule has 1 heterocycles. The van der Waals surface area contributed by atoms with Gasteiger partial charge in [-0.2, -0.15) is 0 Å². The van der Waals surface area contributed by atoms with Crippen molar-refractivity contribution in [3.8, 4) is 0 Å². The van der Waals surface area contributed by atoms with Gasteiger partial charge in [0.1, 0.15) is 9.21 Å². The third kappa shape index (κ3) is 4.18. The molecule has 0 N–H and O–H groups in total. The highest BCUT2D eigenvalue weighted by atomic mass is 79.9. The topological polar surface area (TPSA) is 16.1 Å². The van der Waals surface area contributed by atoms with Crippen LogP contribution in [0.5, 0.6) is 0 Å². The minimum absolute atomic E-state index is 0.857. The minimum atomic E-state index is 0.857. The Morgan fingerprint density at radius 2 is 1.26 bits per heavy atom. The lowest BCUT2D eigenvalue weighted by Gasteiger charge is -2.21. The molecule has 2 nitrogen and oxygen atoms in total. The molecule has 0 atom stereocenters. The van der Waals surface area contributed by atoms with Gasteiger partial charge in [0.05, 0.1) is 5.69 Å². The van der Waals surface area contributed by atoms with E-state index in [1.165, 1.54) is 11.1 Å². The molecular formula is C15H20Br2N2. The van der Waals surface area contributed by atoms with Crippen molar-refractivity contribution >= 4 is 49.7 Å². The van der Waals surface area contributed by atoms with Crippen molar-refractivity contribution in [3.63, 3.8) is 0 Å². The Morgan fingerprint density at radius 3 is 1.53 bits per heavy atom. The van der Waals surface area contributed by atoms with Gasteiger partial charge >= 0.3 is 0 Å². The maximum Gasteiger partial charge on any atom is 0.116 e. The number of halogens is 2. The summed E-state index contributed by atoms with van der Waals surface area (Å²) >= 11 is 7.12. The van der Waals surface area contributed by atoms with Crippen LogP contribution in [0.4, 0.5) is 5.69 Å². The summed E-state index contributed by atoms with van der Waals surface area (Å²) in [5.74, 6) is 0. The van der Waals surface area contributed by atoms with Gasteiger partial charge in [0.15, 0.2) is 0 Å². The van der Waals surface area contributed by atoms with E-state index in [2.05, 4.69) is 95.7 Å². The average molecular weight is 388 g/mol. The SMILES string of the molecule is CC(C)=Cc1c(Br)nc(Br)c(C=C(C)C)c1N(C)C. The Bertz CT molecular complexity index is 493. The van der Waals surface area contributed by atoms with E-state index in [4.69, 9.17) is 0 Å². The number of hydrogen-bond donors (Lipinski definition) is 0. The van der Waals surface area contributed by atoms with Gasteiger partial charge in [0, 0.05) is 25.2 Å². The largest absolute Gasteiger partial charge is 0.377 e. The Kier molecular flexibility index (Phi) is 5.81. The Hall–Kier alpha value is -0.610. The van der Waals surface area contributed by atoms with E-state index < -0.39 is 0 Å². The highest BCUT2D eigenvalue weighted by Crippen LogP contribution is 2.36. The van der Waals surface area contributed by atoms with Crippen LogP contribution < -0.4 is 4.90 Å². The third-order valence-electron chi connectivity index (χ3n) is 2.46. The predicted molar refractivity (Wildman–Crippen MR) is 92.6 cm³/mol. The van der Waals surface area contributed by atoms with Crippen LogP contribution in [0.15, 0.2) is 20.4 Å². The molecule has 0 amide bonds. The zero-order valence-electron chi connectivity index (χ0n) is 12.3. The fraction of sp³-hybridized carbons (Fsp3) is 0.400. The molecule has 1 rings (SSSR count). The van der Waals surface area contributed by atoms with E-state index in [0.717, 1.165) is 26.0 Å². The highest BCUT2D eigenvalue weighted by molar-refractivity contribution is 9.11. The number of pyridine rings is 1. The average Bonchev–Trinajstić information content (AvgIpc) is 2.23. The molecular weight excluding hydrogens is 368 g/mol. The molecule has 1 aromatic heterocycles. The summed E-state index contributed by atoms with van der Waals surface area (Å²) in [7, 11) is 4.11. The lowest BCUT2D eigenvalue weighted by Crippen LogP contribution is -2.13. The minimum Gasteiger partial charge on any atom is -0.377 e. The second kappa shape index (κ2) is 6.71. The van der Waals surface area contributed by atoms with E-state index >= 15 is 0 Å². The lowest BCUT2D eigenvalue weighted by atomic mass is 10.1. The van der Waals surface area contributed by atoms with Gasteiger partial charge in [-0.3, -0.25) is 0 Å². The molecule has 0 aliphatic rings. The van der Waals surface area contributed by atoms with E-state index in [9.17, 15) is 0 Å². The molecule has 0 aliphatic carbocycles. The second-order valence-electron chi connectivity index (χ2n) is 5.21. The van der Waals surface area contributed by atoms with E-state index in [-0.39, 0.29) is 0 Å². The molecule has 0 spiro atoms. The second-order valence-corrected chi connectivity index (χ2v) is 6.71. The van der Waals surface area contributed by atoms with Gasteiger partial charge in [-0.1, -0.05) is 23.3 Å². The maximum absolute atomic E-state index is 4.54. The van der Waals surface area contributed by atoms with Gasteiger partial charge in [0.2, 0.25) is 0 Å². The maximum atomic E-state index is 4.54. The zero-order chi connectivity index (χ0) is 14.7. The van der Waals surface area contributed by atoms with Crippen LogP contribution in [0.3, 0.4) is 0 Å². The van der Waals surface area contributed by atoms with Crippen LogP contribution in [-0.2, 0) is 0 Å².